The predicted octanol–water partition coefficient (Wildman–Crippen LogP) is 3.84. The number of hydrogen-bond donors (Lipinski definition) is 2. The van der Waals surface area contributed by atoms with Gasteiger partial charge in [-0.05, 0) is 43.0 Å². The lowest BCUT2D eigenvalue weighted by Gasteiger charge is -2.14. The lowest BCUT2D eigenvalue weighted by atomic mass is 10.1. The number of nitrogens with one attached hydrogen (secondary N) is 2. The third-order valence-electron chi connectivity index (χ3n) is 3.54. The zero-order chi connectivity index (χ0) is 15.9. The van der Waals surface area contributed by atoms with Crippen molar-refractivity contribution in [3.8, 4) is 0 Å². The van der Waals surface area contributed by atoms with Crippen LogP contribution in [0.5, 0.6) is 0 Å². The van der Waals surface area contributed by atoms with Gasteiger partial charge in [0.15, 0.2) is 0 Å². The van der Waals surface area contributed by atoms with E-state index >= 15 is 0 Å². The summed E-state index contributed by atoms with van der Waals surface area (Å²) in [5.74, 6) is -0.126. The van der Waals surface area contributed by atoms with Gasteiger partial charge in [0, 0.05) is 12.2 Å². The summed E-state index contributed by atoms with van der Waals surface area (Å²) < 4.78 is 0. The van der Waals surface area contributed by atoms with Crippen molar-refractivity contribution in [2.45, 2.75) is 33.6 Å². The summed E-state index contributed by atoms with van der Waals surface area (Å²) in [6, 6.07) is 9.91. The summed E-state index contributed by atoms with van der Waals surface area (Å²) in [5, 5.41) is 6.23. The van der Waals surface area contributed by atoms with Crippen molar-refractivity contribution in [3.63, 3.8) is 0 Å². The van der Waals surface area contributed by atoms with Crippen LogP contribution in [0.2, 0.25) is 0 Å². The number of carbonyl (C=O) groups is 1. The van der Waals surface area contributed by atoms with Crippen LogP contribution >= 0.6 is 0 Å². The molecule has 0 unspecified atom stereocenters. The quantitative estimate of drug-likeness (QED) is 0.852. The van der Waals surface area contributed by atoms with Crippen LogP contribution in [0, 0.1) is 6.92 Å². The number of para-hydroxylation sites is 1. The van der Waals surface area contributed by atoms with Crippen LogP contribution < -0.4 is 10.6 Å². The molecule has 1 heterocycles. The van der Waals surface area contributed by atoms with Gasteiger partial charge in [-0.2, -0.15) is 0 Å². The van der Waals surface area contributed by atoms with E-state index in [9.17, 15) is 4.79 Å². The molecule has 2 rings (SSSR count). The number of amides is 1. The highest BCUT2D eigenvalue weighted by molar-refractivity contribution is 5.92. The molecular weight excluding hydrogens is 274 g/mol. The molecule has 0 saturated heterocycles. The smallest absolute Gasteiger partial charge is 0.269 e. The minimum Gasteiger partial charge on any atom is -0.354 e. The number of nitrogens with zero attached hydrogens (tertiary/aromatic N) is 1. The monoisotopic (exact) mass is 297 g/mol. The molecule has 0 bridgehead atoms. The Morgan fingerprint density at radius 3 is 2.64 bits per heavy atom. The Morgan fingerprint density at radius 2 is 2.00 bits per heavy atom. The fraction of sp³-hybridized carbons (Fsp3) is 0.333. The summed E-state index contributed by atoms with van der Waals surface area (Å²) in [7, 11) is 0. The molecule has 4 heteroatoms. The fourth-order valence-corrected chi connectivity index (χ4v) is 2.28. The zero-order valence-corrected chi connectivity index (χ0v) is 13.4. The molecule has 4 nitrogen and oxygen atoms in total. The Bertz CT molecular complexity index is 635. The van der Waals surface area contributed by atoms with Gasteiger partial charge in [-0.15, -0.1) is 0 Å². The molecule has 2 N–H and O–H groups in total. The Kier molecular flexibility index (Phi) is 5.53. The van der Waals surface area contributed by atoms with Crippen molar-refractivity contribution >= 4 is 17.3 Å². The van der Waals surface area contributed by atoms with Crippen LogP contribution in [0.25, 0.3) is 0 Å². The Labute approximate surface area is 132 Å². The lowest BCUT2D eigenvalue weighted by Crippen LogP contribution is -2.24. The number of benzene rings is 1. The third-order valence-corrected chi connectivity index (χ3v) is 3.54. The van der Waals surface area contributed by atoms with Gasteiger partial charge >= 0.3 is 0 Å². The van der Waals surface area contributed by atoms with Crippen LogP contribution in [0.15, 0.2) is 36.5 Å². The van der Waals surface area contributed by atoms with Gasteiger partial charge in [0.1, 0.15) is 5.69 Å². The summed E-state index contributed by atoms with van der Waals surface area (Å²) in [6.45, 7) is 6.92. The standard InChI is InChI=1S/C18H23N3O/c1-4-11-19-18(22)16-10-9-15(12-20-16)21-17-13(3)7-6-8-14(17)5-2/h6-10,12,21H,4-5,11H2,1-3H3,(H,19,22). The van der Waals surface area contributed by atoms with Crippen molar-refractivity contribution < 1.29 is 4.79 Å². The topological polar surface area (TPSA) is 54.0 Å². The van der Waals surface area contributed by atoms with Crippen molar-refractivity contribution in [3.05, 3.63) is 53.3 Å². The van der Waals surface area contributed by atoms with Gasteiger partial charge in [0.25, 0.3) is 5.91 Å². The van der Waals surface area contributed by atoms with Crippen molar-refractivity contribution in [2.75, 3.05) is 11.9 Å². The highest BCUT2D eigenvalue weighted by Gasteiger charge is 2.08. The maximum absolute atomic E-state index is 11.8. The molecule has 0 atom stereocenters. The second kappa shape index (κ2) is 7.59. The molecule has 1 aromatic carbocycles. The number of hydrogen-bond acceptors (Lipinski definition) is 3. The van der Waals surface area contributed by atoms with Crippen molar-refractivity contribution in [1.29, 1.82) is 0 Å². The molecule has 1 amide bonds. The number of rotatable bonds is 6. The van der Waals surface area contributed by atoms with E-state index in [2.05, 4.69) is 47.7 Å². The summed E-state index contributed by atoms with van der Waals surface area (Å²) in [4.78, 5) is 16.1. The van der Waals surface area contributed by atoms with Crippen molar-refractivity contribution in [2.24, 2.45) is 0 Å². The molecule has 116 valence electrons. The molecule has 0 saturated carbocycles. The van der Waals surface area contributed by atoms with Gasteiger partial charge in [0.05, 0.1) is 11.9 Å². The maximum atomic E-state index is 11.8. The number of anilines is 2. The van der Waals surface area contributed by atoms with E-state index in [1.54, 1.807) is 12.3 Å². The van der Waals surface area contributed by atoms with E-state index in [4.69, 9.17) is 0 Å². The van der Waals surface area contributed by atoms with Crippen molar-refractivity contribution in [1.82, 2.24) is 10.3 Å². The van der Waals surface area contributed by atoms with E-state index in [1.165, 1.54) is 11.1 Å². The van der Waals surface area contributed by atoms with Gasteiger partial charge in [-0.3, -0.25) is 4.79 Å². The molecule has 1 aromatic heterocycles. The first-order valence-corrected chi connectivity index (χ1v) is 7.75. The molecule has 0 spiro atoms. The third kappa shape index (κ3) is 3.85. The molecule has 0 radical (unpaired) electrons. The molecular formula is C18H23N3O. The maximum Gasteiger partial charge on any atom is 0.269 e. The normalized spacial score (nSPS) is 10.3. The first-order chi connectivity index (χ1) is 10.7. The van der Waals surface area contributed by atoms with Gasteiger partial charge < -0.3 is 10.6 Å². The van der Waals surface area contributed by atoms with E-state index in [0.29, 0.717) is 12.2 Å². The highest BCUT2D eigenvalue weighted by atomic mass is 16.1. The van der Waals surface area contributed by atoms with Gasteiger partial charge in [0.2, 0.25) is 0 Å². The number of pyridine rings is 1. The van der Waals surface area contributed by atoms with E-state index < -0.39 is 0 Å². The minimum absolute atomic E-state index is 0.126. The average Bonchev–Trinajstić information content (AvgIpc) is 2.55. The SMILES string of the molecule is CCCNC(=O)c1ccc(Nc2c(C)cccc2CC)cn1. The van der Waals surface area contributed by atoms with Crippen LogP contribution in [-0.2, 0) is 6.42 Å². The zero-order valence-electron chi connectivity index (χ0n) is 13.4. The average molecular weight is 297 g/mol. The highest BCUT2D eigenvalue weighted by Crippen LogP contribution is 2.25. The molecule has 0 aliphatic heterocycles. The largest absolute Gasteiger partial charge is 0.354 e. The Hall–Kier alpha value is -2.36. The lowest BCUT2D eigenvalue weighted by molar-refractivity contribution is 0.0949. The van der Waals surface area contributed by atoms with Gasteiger partial charge in [-0.25, -0.2) is 4.98 Å². The molecule has 0 fully saturated rings. The number of aryl methyl sites for hydroxylation is 2. The molecule has 0 aliphatic rings. The summed E-state index contributed by atoms with van der Waals surface area (Å²) >= 11 is 0. The number of aromatic nitrogens is 1. The second-order valence-corrected chi connectivity index (χ2v) is 5.28. The van der Waals surface area contributed by atoms with E-state index in [-0.39, 0.29) is 5.91 Å². The van der Waals surface area contributed by atoms with Crippen LogP contribution in [0.1, 0.15) is 41.9 Å². The van der Waals surface area contributed by atoms with Crippen LogP contribution in [-0.4, -0.2) is 17.4 Å². The second-order valence-electron chi connectivity index (χ2n) is 5.28. The molecule has 0 aliphatic carbocycles. The first-order valence-electron chi connectivity index (χ1n) is 7.75. The summed E-state index contributed by atoms with van der Waals surface area (Å²) in [5.41, 5.74) is 4.92. The first kappa shape index (κ1) is 16.0. The van der Waals surface area contributed by atoms with Crippen LogP contribution in [0.4, 0.5) is 11.4 Å². The predicted molar refractivity (Wildman–Crippen MR) is 90.7 cm³/mol. The molecule has 22 heavy (non-hydrogen) atoms. The van der Waals surface area contributed by atoms with Crippen LogP contribution in [0.3, 0.4) is 0 Å². The minimum atomic E-state index is -0.126. The molecule has 2 aromatic rings. The summed E-state index contributed by atoms with van der Waals surface area (Å²) in [6.07, 6.45) is 3.58. The number of carbonyl (C=O) groups excluding carboxylic acids is 1. The van der Waals surface area contributed by atoms with Gasteiger partial charge in [-0.1, -0.05) is 32.0 Å². The Balaban J connectivity index is 2.14. The Morgan fingerprint density at radius 1 is 1.18 bits per heavy atom. The fourth-order valence-electron chi connectivity index (χ4n) is 2.28. The van der Waals surface area contributed by atoms with E-state index in [0.717, 1.165) is 24.2 Å². The van der Waals surface area contributed by atoms with E-state index in [1.807, 2.05) is 13.0 Å².